The van der Waals surface area contributed by atoms with Crippen molar-refractivity contribution in [2.45, 2.75) is 6.92 Å². The third-order valence-corrected chi connectivity index (χ3v) is 6.44. The Morgan fingerprint density at radius 3 is 2.67 bits per heavy atom. The topological polar surface area (TPSA) is 75.2 Å². The highest BCUT2D eigenvalue weighted by molar-refractivity contribution is 7.15. The summed E-state index contributed by atoms with van der Waals surface area (Å²) < 4.78 is 1.81. The maximum Gasteiger partial charge on any atom is 0.116 e. The number of aromatic amines is 2. The molecule has 146 valence electrons. The molecule has 0 aliphatic rings. The number of benzene rings is 1. The molecule has 0 aliphatic carbocycles. The first kappa shape index (κ1) is 17.2. The third kappa shape index (κ3) is 2.67. The van der Waals surface area contributed by atoms with Gasteiger partial charge in [0.2, 0.25) is 0 Å². The fourth-order valence-corrected chi connectivity index (χ4v) is 4.82. The highest BCUT2D eigenvalue weighted by Gasteiger charge is 2.15. The second kappa shape index (κ2) is 6.40. The van der Waals surface area contributed by atoms with Crippen molar-refractivity contribution in [2.24, 2.45) is 7.05 Å². The molecule has 0 saturated heterocycles. The van der Waals surface area contributed by atoms with Gasteiger partial charge in [0.1, 0.15) is 5.69 Å². The molecule has 7 heteroatoms. The quantitative estimate of drug-likeness (QED) is 0.402. The molecule has 5 heterocycles. The third-order valence-electron chi connectivity index (χ3n) is 5.41. The number of hydrogen-bond donors (Lipinski definition) is 2. The van der Waals surface area contributed by atoms with E-state index in [0.717, 1.165) is 49.9 Å². The summed E-state index contributed by atoms with van der Waals surface area (Å²) in [5, 5.41) is 14.3. The van der Waals surface area contributed by atoms with Gasteiger partial charge in [0.25, 0.3) is 0 Å². The number of aromatic nitrogens is 6. The van der Waals surface area contributed by atoms with Crippen molar-refractivity contribution in [3.63, 3.8) is 0 Å². The average molecular weight is 411 g/mol. The Morgan fingerprint density at radius 2 is 1.87 bits per heavy atom. The average Bonchev–Trinajstić information content (AvgIpc) is 3.52. The zero-order chi connectivity index (χ0) is 20.2. The van der Waals surface area contributed by atoms with E-state index in [1.165, 1.54) is 9.75 Å². The molecule has 2 N–H and O–H groups in total. The smallest absolute Gasteiger partial charge is 0.116 e. The van der Waals surface area contributed by atoms with Crippen LogP contribution >= 0.6 is 11.3 Å². The Hall–Kier alpha value is -3.71. The van der Waals surface area contributed by atoms with Gasteiger partial charge in [-0.2, -0.15) is 10.2 Å². The molecule has 0 fully saturated rings. The summed E-state index contributed by atoms with van der Waals surface area (Å²) in [6, 6.07) is 12.8. The lowest BCUT2D eigenvalue weighted by atomic mass is 10.1. The van der Waals surface area contributed by atoms with Crippen LogP contribution in [0.2, 0.25) is 0 Å². The summed E-state index contributed by atoms with van der Waals surface area (Å²) in [4.78, 5) is 10.5. The minimum absolute atomic E-state index is 0.903. The van der Waals surface area contributed by atoms with Crippen LogP contribution in [0.5, 0.6) is 0 Å². The second-order valence-electron chi connectivity index (χ2n) is 7.48. The molecule has 1 aromatic carbocycles. The minimum atomic E-state index is 0.903. The Labute approximate surface area is 176 Å². The standard InChI is InChI=1S/C23H18N6S/c1-13-3-6-22(30-13)18-10-24-11-21-16(18)8-20(26-21)23-17-7-14(4-5-19(17)27-28-23)15-9-25-29(2)12-15/h3-12,26H,1-2H3,(H,27,28). The molecule has 0 unspecified atom stereocenters. The first-order chi connectivity index (χ1) is 14.7. The van der Waals surface area contributed by atoms with Crippen molar-refractivity contribution >= 4 is 33.1 Å². The van der Waals surface area contributed by atoms with Crippen LogP contribution in [0.25, 0.3) is 54.8 Å². The SMILES string of the molecule is Cc1ccc(-c2cncc3[nH]c(-c4n[nH]c5ccc(-c6cnn(C)c6)cc45)cc23)s1. The van der Waals surface area contributed by atoms with Crippen molar-refractivity contribution in [1.82, 2.24) is 29.9 Å². The summed E-state index contributed by atoms with van der Waals surface area (Å²) in [5.41, 5.74) is 7.23. The first-order valence-corrected chi connectivity index (χ1v) is 10.5. The normalized spacial score (nSPS) is 11.7. The van der Waals surface area contributed by atoms with Crippen LogP contribution in [0, 0.1) is 6.92 Å². The first-order valence-electron chi connectivity index (χ1n) is 9.67. The van der Waals surface area contributed by atoms with Gasteiger partial charge in [0.05, 0.1) is 29.1 Å². The van der Waals surface area contributed by atoms with E-state index in [2.05, 4.69) is 68.6 Å². The Morgan fingerprint density at radius 1 is 0.933 bits per heavy atom. The van der Waals surface area contributed by atoms with E-state index in [0.29, 0.717) is 0 Å². The molecule has 6 aromatic rings. The summed E-state index contributed by atoms with van der Waals surface area (Å²) in [5.74, 6) is 0. The van der Waals surface area contributed by atoms with E-state index >= 15 is 0 Å². The molecule has 0 bridgehead atoms. The van der Waals surface area contributed by atoms with Gasteiger partial charge < -0.3 is 4.98 Å². The number of thiophene rings is 1. The van der Waals surface area contributed by atoms with Gasteiger partial charge in [-0.05, 0) is 42.8 Å². The number of nitrogens with zero attached hydrogens (tertiary/aromatic N) is 4. The van der Waals surface area contributed by atoms with E-state index in [4.69, 9.17) is 0 Å². The fraction of sp³-hybridized carbons (Fsp3) is 0.0870. The molecule has 30 heavy (non-hydrogen) atoms. The second-order valence-corrected chi connectivity index (χ2v) is 8.76. The molecule has 0 spiro atoms. The van der Waals surface area contributed by atoms with Gasteiger partial charge in [-0.15, -0.1) is 11.3 Å². The number of hydrogen-bond acceptors (Lipinski definition) is 4. The predicted molar refractivity (Wildman–Crippen MR) is 121 cm³/mol. The van der Waals surface area contributed by atoms with Crippen LogP contribution in [0.3, 0.4) is 0 Å². The number of nitrogens with one attached hydrogen (secondary N) is 2. The van der Waals surface area contributed by atoms with E-state index in [-0.39, 0.29) is 0 Å². The zero-order valence-corrected chi connectivity index (χ0v) is 17.3. The lowest BCUT2D eigenvalue weighted by Gasteiger charge is -1.99. The van der Waals surface area contributed by atoms with Gasteiger partial charge >= 0.3 is 0 Å². The molecular formula is C23H18N6S. The van der Waals surface area contributed by atoms with Crippen LogP contribution < -0.4 is 0 Å². The van der Waals surface area contributed by atoms with Crippen LogP contribution in [0.1, 0.15) is 4.88 Å². The Bertz CT molecular complexity index is 1530. The lowest BCUT2D eigenvalue weighted by Crippen LogP contribution is -1.84. The predicted octanol–water partition coefficient (Wildman–Crippen LogP) is 5.54. The van der Waals surface area contributed by atoms with Crippen LogP contribution in [-0.2, 0) is 7.05 Å². The van der Waals surface area contributed by atoms with Gasteiger partial charge in [0, 0.05) is 51.1 Å². The number of fused-ring (bicyclic) bond motifs is 2. The summed E-state index contributed by atoms with van der Waals surface area (Å²) in [7, 11) is 1.93. The summed E-state index contributed by atoms with van der Waals surface area (Å²) in [6.07, 6.45) is 7.71. The van der Waals surface area contributed by atoms with Crippen LogP contribution in [0.15, 0.2) is 61.2 Å². The largest absolute Gasteiger partial charge is 0.352 e. The maximum atomic E-state index is 4.61. The monoisotopic (exact) mass is 410 g/mol. The fourth-order valence-electron chi connectivity index (χ4n) is 3.92. The van der Waals surface area contributed by atoms with E-state index < -0.39 is 0 Å². The van der Waals surface area contributed by atoms with E-state index in [1.54, 1.807) is 11.3 Å². The number of aryl methyl sites for hydroxylation is 2. The lowest BCUT2D eigenvalue weighted by molar-refractivity contribution is 0.768. The van der Waals surface area contributed by atoms with Gasteiger partial charge in [-0.1, -0.05) is 6.07 Å². The summed E-state index contributed by atoms with van der Waals surface area (Å²) >= 11 is 1.78. The van der Waals surface area contributed by atoms with Crippen molar-refractivity contribution in [3.8, 4) is 33.0 Å². The molecule has 0 amide bonds. The van der Waals surface area contributed by atoms with E-state index in [1.807, 2.05) is 36.5 Å². The zero-order valence-electron chi connectivity index (χ0n) is 16.5. The van der Waals surface area contributed by atoms with Crippen molar-refractivity contribution in [1.29, 1.82) is 0 Å². The summed E-state index contributed by atoms with van der Waals surface area (Å²) in [6.45, 7) is 2.12. The van der Waals surface area contributed by atoms with Crippen LogP contribution in [-0.4, -0.2) is 29.9 Å². The molecule has 0 aliphatic heterocycles. The number of rotatable bonds is 3. The van der Waals surface area contributed by atoms with Gasteiger partial charge in [0.15, 0.2) is 0 Å². The van der Waals surface area contributed by atoms with Gasteiger partial charge in [-0.3, -0.25) is 14.8 Å². The highest BCUT2D eigenvalue weighted by Crippen LogP contribution is 2.36. The Balaban J connectivity index is 1.52. The minimum Gasteiger partial charge on any atom is -0.352 e. The molecular weight excluding hydrogens is 392 g/mol. The van der Waals surface area contributed by atoms with Crippen molar-refractivity contribution in [3.05, 3.63) is 66.1 Å². The number of H-pyrrole nitrogens is 2. The van der Waals surface area contributed by atoms with Crippen molar-refractivity contribution < 1.29 is 0 Å². The molecule has 0 saturated carbocycles. The maximum absolute atomic E-state index is 4.61. The van der Waals surface area contributed by atoms with E-state index in [9.17, 15) is 0 Å². The van der Waals surface area contributed by atoms with Crippen molar-refractivity contribution in [2.75, 3.05) is 0 Å². The molecule has 6 nitrogen and oxygen atoms in total. The molecule has 5 aromatic heterocycles. The van der Waals surface area contributed by atoms with Gasteiger partial charge in [-0.25, -0.2) is 0 Å². The number of pyridine rings is 1. The van der Waals surface area contributed by atoms with Crippen LogP contribution in [0.4, 0.5) is 0 Å². The molecule has 6 rings (SSSR count). The molecule has 0 atom stereocenters. The Kier molecular flexibility index (Phi) is 3.66. The highest BCUT2D eigenvalue weighted by atomic mass is 32.1. The molecule has 0 radical (unpaired) electrons.